The van der Waals surface area contributed by atoms with Crippen molar-refractivity contribution in [2.75, 3.05) is 0 Å². The first kappa shape index (κ1) is 25.9. The Balaban J connectivity index is 0.000000198. The summed E-state index contributed by atoms with van der Waals surface area (Å²) >= 11 is 0. The Hall–Kier alpha value is -3.14. The van der Waals surface area contributed by atoms with Crippen LogP contribution in [0.3, 0.4) is 0 Å². The van der Waals surface area contributed by atoms with Gasteiger partial charge in [-0.2, -0.15) is 0 Å². The minimum absolute atomic E-state index is 0. The van der Waals surface area contributed by atoms with Crippen LogP contribution in [0.2, 0.25) is 0 Å². The maximum Gasteiger partial charge on any atom is 0.0931 e. The standard InChI is InChI=1S/C20H21N2O.C11H8N.Ir/c1-12(2)15-8-18(22-9-13(15)3)17-11-21-10-16-14-6-4-5-7-19(14)23-20(16)17;1-2-6-10(7-3-1)11-8-4-5-9-12-11;/h8-10,12H,4-7H2,1-3H3;1-6,8-9H;/q2*-1;. The number of nitrogens with zero attached hydrogens (tertiary/aromatic N) is 3. The molecule has 0 N–H and O–H groups in total. The topological polar surface area (TPSA) is 51.8 Å². The SMILES string of the molecule is Cc1cnc(-c2[c-]ncc3c4c(oc23)CCCC4)cc1C(C)C.[Ir].[c-]1ccccc1-c1ccccn1. The first-order valence-corrected chi connectivity index (χ1v) is 12.3. The Morgan fingerprint density at radius 1 is 0.944 bits per heavy atom. The molecule has 1 radical (unpaired) electrons. The second-order valence-corrected chi connectivity index (χ2v) is 9.27. The van der Waals surface area contributed by atoms with Gasteiger partial charge in [0.25, 0.3) is 0 Å². The van der Waals surface area contributed by atoms with E-state index in [1.165, 1.54) is 29.5 Å². The molecule has 6 rings (SSSR count). The predicted molar refractivity (Wildman–Crippen MR) is 140 cm³/mol. The Bertz CT molecular complexity index is 1390. The van der Waals surface area contributed by atoms with E-state index in [2.05, 4.69) is 54.1 Å². The summed E-state index contributed by atoms with van der Waals surface area (Å²) in [5.41, 5.74) is 8.58. The molecule has 185 valence electrons. The minimum atomic E-state index is 0. The fraction of sp³-hybridized carbons (Fsp3) is 0.258. The van der Waals surface area contributed by atoms with Gasteiger partial charge >= 0.3 is 0 Å². The van der Waals surface area contributed by atoms with Gasteiger partial charge in [-0.25, -0.2) is 0 Å². The van der Waals surface area contributed by atoms with E-state index in [1.807, 2.05) is 54.9 Å². The zero-order valence-electron chi connectivity index (χ0n) is 20.8. The van der Waals surface area contributed by atoms with Crippen molar-refractivity contribution < 1.29 is 24.5 Å². The molecule has 0 spiro atoms. The normalized spacial score (nSPS) is 12.4. The third-order valence-electron chi connectivity index (χ3n) is 6.48. The van der Waals surface area contributed by atoms with Crippen molar-refractivity contribution >= 4 is 11.0 Å². The summed E-state index contributed by atoms with van der Waals surface area (Å²) < 4.78 is 6.20. The summed E-state index contributed by atoms with van der Waals surface area (Å²) in [6.45, 7) is 6.53. The van der Waals surface area contributed by atoms with Gasteiger partial charge in [0, 0.05) is 38.9 Å². The van der Waals surface area contributed by atoms with E-state index in [1.54, 1.807) is 6.20 Å². The van der Waals surface area contributed by atoms with Crippen molar-refractivity contribution in [1.82, 2.24) is 15.0 Å². The van der Waals surface area contributed by atoms with Crippen molar-refractivity contribution in [2.45, 2.75) is 52.4 Å². The van der Waals surface area contributed by atoms with Gasteiger partial charge in [0.05, 0.1) is 11.3 Å². The molecule has 4 nitrogen and oxygen atoms in total. The molecule has 0 saturated carbocycles. The van der Waals surface area contributed by atoms with E-state index >= 15 is 0 Å². The molecule has 0 aliphatic heterocycles. The summed E-state index contributed by atoms with van der Waals surface area (Å²) in [6, 6.07) is 19.0. The van der Waals surface area contributed by atoms with Crippen LogP contribution in [0.5, 0.6) is 0 Å². The Morgan fingerprint density at radius 2 is 1.78 bits per heavy atom. The average molecular weight is 652 g/mol. The van der Waals surface area contributed by atoms with Crippen LogP contribution in [0.25, 0.3) is 33.5 Å². The second-order valence-electron chi connectivity index (χ2n) is 9.27. The van der Waals surface area contributed by atoms with Crippen LogP contribution in [0.4, 0.5) is 0 Å². The largest absolute Gasteiger partial charge is 0.505 e. The van der Waals surface area contributed by atoms with E-state index in [9.17, 15) is 0 Å². The van der Waals surface area contributed by atoms with Crippen molar-refractivity contribution in [1.29, 1.82) is 0 Å². The molecule has 1 aliphatic carbocycles. The molecule has 0 saturated heterocycles. The smallest absolute Gasteiger partial charge is 0.0931 e. The average Bonchev–Trinajstić information content (AvgIpc) is 3.29. The van der Waals surface area contributed by atoms with Gasteiger partial charge in [-0.05, 0) is 84.0 Å². The molecule has 4 heterocycles. The fourth-order valence-corrected chi connectivity index (χ4v) is 4.67. The number of aromatic nitrogens is 3. The first-order valence-electron chi connectivity index (χ1n) is 12.3. The first-order chi connectivity index (χ1) is 17.1. The number of hydrogen-bond acceptors (Lipinski definition) is 4. The molecular weight excluding hydrogens is 623 g/mol. The summed E-state index contributed by atoms with van der Waals surface area (Å²) in [4.78, 5) is 13.2. The molecule has 5 heteroatoms. The van der Waals surface area contributed by atoms with Gasteiger partial charge in [-0.15, -0.1) is 35.9 Å². The third kappa shape index (κ3) is 5.48. The van der Waals surface area contributed by atoms with Crippen molar-refractivity contribution in [3.63, 3.8) is 0 Å². The molecule has 0 fully saturated rings. The number of aryl methyl sites for hydroxylation is 3. The number of furan rings is 1. The molecular formula is C31H29IrN3O-2. The van der Waals surface area contributed by atoms with Crippen molar-refractivity contribution in [2.24, 2.45) is 0 Å². The number of hydrogen-bond donors (Lipinski definition) is 0. The molecule has 0 unspecified atom stereocenters. The Kier molecular flexibility index (Phi) is 8.45. The van der Waals surface area contributed by atoms with Crippen molar-refractivity contribution in [3.05, 3.63) is 102 Å². The molecule has 0 bridgehead atoms. The van der Waals surface area contributed by atoms with Gasteiger partial charge in [0.2, 0.25) is 0 Å². The zero-order valence-corrected chi connectivity index (χ0v) is 23.2. The van der Waals surface area contributed by atoms with E-state index in [-0.39, 0.29) is 20.1 Å². The van der Waals surface area contributed by atoms with Crippen LogP contribution >= 0.6 is 0 Å². The van der Waals surface area contributed by atoms with Crippen LogP contribution in [0.15, 0.2) is 71.5 Å². The molecule has 1 aliphatic rings. The van der Waals surface area contributed by atoms with Crippen LogP contribution in [0, 0.1) is 19.2 Å². The molecule has 0 amide bonds. The van der Waals surface area contributed by atoms with E-state index in [4.69, 9.17) is 4.42 Å². The summed E-state index contributed by atoms with van der Waals surface area (Å²) in [5, 5.41) is 1.14. The molecule has 5 aromatic rings. The summed E-state index contributed by atoms with van der Waals surface area (Å²) in [5.74, 6) is 1.60. The minimum Gasteiger partial charge on any atom is -0.505 e. The van der Waals surface area contributed by atoms with Gasteiger partial charge in [0.15, 0.2) is 0 Å². The van der Waals surface area contributed by atoms with Gasteiger partial charge in [-0.3, -0.25) is 0 Å². The zero-order chi connectivity index (χ0) is 24.2. The number of fused-ring (bicyclic) bond motifs is 3. The molecule has 4 aromatic heterocycles. The van der Waals surface area contributed by atoms with Crippen LogP contribution in [-0.4, -0.2) is 15.0 Å². The predicted octanol–water partition coefficient (Wildman–Crippen LogP) is 7.55. The molecule has 1 aromatic carbocycles. The maximum absolute atomic E-state index is 6.20. The van der Waals surface area contributed by atoms with Gasteiger partial charge in [-0.1, -0.05) is 37.6 Å². The Morgan fingerprint density at radius 3 is 2.53 bits per heavy atom. The van der Waals surface area contributed by atoms with E-state index < -0.39 is 0 Å². The van der Waals surface area contributed by atoms with Crippen molar-refractivity contribution in [3.8, 4) is 22.5 Å². The van der Waals surface area contributed by atoms with Crippen LogP contribution in [-0.2, 0) is 32.9 Å². The van der Waals surface area contributed by atoms with Crippen LogP contribution in [0.1, 0.15) is 55.1 Å². The number of pyridine rings is 3. The van der Waals surface area contributed by atoms with E-state index in [0.29, 0.717) is 5.92 Å². The number of rotatable bonds is 3. The molecule has 36 heavy (non-hydrogen) atoms. The Labute approximate surface area is 226 Å². The van der Waals surface area contributed by atoms with E-state index in [0.717, 1.165) is 52.1 Å². The van der Waals surface area contributed by atoms with Crippen LogP contribution < -0.4 is 0 Å². The van der Waals surface area contributed by atoms with Gasteiger partial charge < -0.3 is 19.4 Å². The molecule has 0 atom stereocenters. The monoisotopic (exact) mass is 652 g/mol. The summed E-state index contributed by atoms with van der Waals surface area (Å²) in [7, 11) is 0. The summed E-state index contributed by atoms with van der Waals surface area (Å²) in [6.07, 6.45) is 13.3. The van der Waals surface area contributed by atoms with Gasteiger partial charge in [0.1, 0.15) is 0 Å². The quantitative estimate of drug-likeness (QED) is 0.189. The number of benzene rings is 1. The third-order valence-corrected chi connectivity index (χ3v) is 6.48. The second kappa shape index (κ2) is 11.7. The fourth-order valence-electron chi connectivity index (χ4n) is 4.67. The maximum atomic E-state index is 6.20.